The maximum absolute atomic E-state index is 11.6. The Hall–Kier alpha value is 0.01000. The second-order valence-electron chi connectivity index (χ2n) is 13.5. The third kappa shape index (κ3) is 4.57. The first-order valence-electron chi connectivity index (χ1n) is 14.1. The number of halogens is 2. The van der Waals surface area contributed by atoms with E-state index in [1.54, 1.807) is 0 Å². The highest BCUT2D eigenvalue weighted by Gasteiger charge is 2.60. The van der Waals surface area contributed by atoms with Gasteiger partial charge >= 0.3 is 0 Å². The molecular formula is C31H46I2N2O. The van der Waals surface area contributed by atoms with Gasteiger partial charge in [-0.05, 0) is 73.0 Å². The summed E-state index contributed by atoms with van der Waals surface area (Å²) in [6.45, 7) is 7.83. The van der Waals surface area contributed by atoms with E-state index in [2.05, 4.69) is 69.2 Å². The van der Waals surface area contributed by atoms with Gasteiger partial charge in [0.2, 0.25) is 0 Å². The van der Waals surface area contributed by atoms with Gasteiger partial charge in [0.1, 0.15) is 7.05 Å². The number of hydrogen-bond acceptors (Lipinski definition) is 1. The molecule has 200 valence electrons. The quantitative estimate of drug-likeness (QED) is 0.189. The lowest BCUT2D eigenvalue weighted by atomic mass is 9.47. The van der Waals surface area contributed by atoms with Crippen molar-refractivity contribution in [1.29, 1.82) is 0 Å². The number of hydrogen-bond donors (Lipinski definition) is 1. The molecule has 0 radical (unpaired) electrons. The van der Waals surface area contributed by atoms with Crippen LogP contribution in [0, 0.1) is 28.6 Å². The van der Waals surface area contributed by atoms with Crippen LogP contribution in [0.25, 0.3) is 6.08 Å². The van der Waals surface area contributed by atoms with E-state index in [4.69, 9.17) is 0 Å². The van der Waals surface area contributed by atoms with Gasteiger partial charge < -0.3 is 57.5 Å². The van der Waals surface area contributed by atoms with Crippen molar-refractivity contribution >= 4 is 6.08 Å². The van der Waals surface area contributed by atoms with E-state index in [9.17, 15) is 5.11 Å². The third-order valence-corrected chi connectivity index (χ3v) is 11.7. The van der Waals surface area contributed by atoms with Crippen molar-refractivity contribution < 1.29 is 62.1 Å². The highest BCUT2D eigenvalue weighted by molar-refractivity contribution is 5.54. The molecular weight excluding hydrogens is 670 g/mol. The Balaban J connectivity index is 0.00000152. The zero-order valence-electron chi connectivity index (χ0n) is 22.7. The zero-order valence-corrected chi connectivity index (χ0v) is 27.0. The highest BCUT2D eigenvalue weighted by atomic mass is 127. The van der Waals surface area contributed by atoms with E-state index in [-0.39, 0.29) is 59.5 Å². The number of aliphatic hydroxyl groups is 1. The Morgan fingerprint density at radius 1 is 1.06 bits per heavy atom. The molecule has 1 saturated heterocycles. The number of aryl methyl sites for hydroxylation is 1. The molecule has 5 aliphatic rings. The van der Waals surface area contributed by atoms with Gasteiger partial charge in [-0.25, -0.2) is 4.57 Å². The molecule has 1 aliphatic heterocycles. The molecule has 1 N–H and O–H groups in total. The molecule has 2 heterocycles. The average molecular weight is 717 g/mol. The maximum Gasteiger partial charge on any atom is 0.175 e. The fraction of sp³-hybridized carbons (Fsp3) is 0.710. The third-order valence-electron chi connectivity index (χ3n) is 11.7. The number of aliphatic hydroxyl groups excluding tert-OH is 1. The van der Waals surface area contributed by atoms with E-state index >= 15 is 0 Å². The number of aromatic nitrogens is 1. The van der Waals surface area contributed by atoms with Crippen LogP contribution in [-0.4, -0.2) is 41.9 Å². The second kappa shape index (κ2) is 10.5. The summed E-state index contributed by atoms with van der Waals surface area (Å²) < 4.78 is 3.44. The van der Waals surface area contributed by atoms with E-state index in [1.807, 2.05) is 5.57 Å². The average Bonchev–Trinajstić information content (AvgIpc) is 3.36. The van der Waals surface area contributed by atoms with Gasteiger partial charge in [-0.3, -0.25) is 0 Å². The molecule has 0 aromatic carbocycles. The summed E-state index contributed by atoms with van der Waals surface area (Å²) in [6, 6.07) is 5.13. The van der Waals surface area contributed by atoms with Crippen LogP contribution in [-0.2, 0) is 7.05 Å². The van der Waals surface area contributed by atoms with Crippen LogP contribution in [0.5, 0.6) is 0 Å². The normalized spacial score (nSPS) is 41.9. The topological polar surface area (TPSA) is 24.1 Å². The predicted octanol–water partition coefficient (Wildman–Crippen LogP) is -0.555. The standard InChI is InChI=1S/C31H46N2O.2HI/c1-30-13-11-25(33(4)16-5-6-17-33)20-24(30)9-10-26-27(30)12-14-31(2)28(26)19-23(29(31)34)18-22-8-7-15-32(3)21-22;;/h7-9,15,18,21,25-29,34H,5-6,10-14,16-17,19-20H2,1-4H3;2*1H/q+2;;/p-2/b23-18+;;/t25-,26+,27-,28-,29-,30-,31-;;/m0../s1. The first-order valence-corrected chi connectivity index (χ1v) is 14.1. The summed E-state index contributed by atoms with van der Waals surface area (Å²) in [5.41, 5.74) is 4.73. The molecule has 1 aromatic heterocycles. The summed E-state index contributed by atoms with van der Waals surface area (Å²) in [6.07, 6.45) is 20.7. The summed E-state index contributed by atoms with van der Waals surface area (Å²) in [5.74, 6) is 2.14. The molecule has 4 fully saturated rings. The summed E-state index contributed by atoms with van der Waals surface area (Å²) >= 11 is 0. The molecule has 7 atom stereocenters. The first kappa shape index (κ1) is 29.0. The van der Waals surface area contributed by atoms with E-state index in [1.165, 1.54) is 80.1 Å². The Bertz CT molecular complexity index is 1030. The molecule has 4 aliphatic carbocycles. The van der Waals surface area contributed by atoms with Gasteiger partial charge in [-0.15, -0.1) is 0 Å². The highest BCUT2D eigenvalue weighted by Crippen LogP contribution is 2.66. The molecule has 0 amide bonds. The number of allylic oxidation sites excluding steroid dienone is 1. The maximum atomic E-state index is 11.6. The summed E-state index contributed by atoms with van der Waals surface area (Å²) in [7, 11) is 4.62. The fourth-order valence-corrected chi connectivity index (χ4v) is 9.51. The van der Waals surface area contributed by atoms with Gasteiger partial charge in [0.15, 0.2) is 12.4 Å². The van der Waals surface area contributed by atoms with Crippen molar-refractivity contribution in [3.63, 3.8) is 0 Å². The number of likely N-dealkylation sites (tertiary alicyclic amines) is 1. The minimum Gasteiger partial charge on any atom is -1.00 e. The van der Waals surface area contributed by atoms with Crippen LogP contribution >= 0.6 is 0 Å². The largest absolute Gasteiger partial charge is 1.00 e. The van der Waals surface area contributed by atoms with Gasteiger partial charge in [0, 0.05) is 42.7 Å². The number of nitrogens with zero attached hydrogens (tertiary/aromatic N) is 2. The predicted molar refractivity (Wildman–Crippen MR) is 138 cm³/mol. The fourth-order valence-electron chi connectivity index (χ4n) is 9.51. The van der Waals surface area contributed by atoms with Gasteiger partial charge in [0.25, 0.3) is 0 Å². The van der Waals surface area contributed by atoms with Crippen molar-refractivity contribution in [3.8, 4) is 0 Å². The number of quaternary nitrogens is 1. The van der Waals surface area contributed by atoms with E-state index in [0.29, 0.717) is 11.3 Å². The molecule has 36 heavy (non-hydrogen) atoms. The van der Waals surface area contributed by atoms with Crippen LogP contribution in [0.3, 0.4) is 0 Å². The van der Waals surface area contributed by atoms with Crippen LogP contribution in [0.1, 0.15) is 77.2 Å². The number of pyridine rings is 1. The molecule has 5 heteroatoms. The van der Waals surface area contributed by atoms with Crippen LogP contribution in [0.2, 0.25) is 0 Å². The minimum absolute atomic E-state index is 0. The lowest BCUT2D eigenvalue weighted by molar-refractivity contribution is -0.923. The molecule has 3 nitrogen and oxygen atoms in total. The van der Waals surface area contributed by atoms with Crippen molar-refractivity contribution in [2.45, 2.75) is 83.8 Å². The number of rotatable bonds is 2. The Morgan fingerprint density at radius 2 is 1.81 bits per heavy atom. The Labute approximate surface area is 253 Å². The second-order valence-corrected chi connectivity index (χ2v) is 13.5. The van der Waals surface area contributed by atoms with Crippen molar-refractivity contribution in [2.75, 3.05) is 20.1 Å². The molecule has 3 saturated carbocycles. The van der Waals surface area contributed by atoms with Crippen molar-refractivity contribution in [1.82, 2.24) is 0 Å². The van der Waals surface area contributed by atoms with E-state index < -0.39 is 0 Å². The van der Waals surface area contributed by atoms with Crippen LogP contribution in [0.15, 0.2) is 41.7 Å². The van der Waals surface area contributed by atoms with E-state index in [0.717, 1.165) is 24.3 Å². The summed E-state index contributed by atoms with van der Waals surface area (Å²) in [4.78, 5) is 0. The van der Waals surface area contributed by atoms with Crippen LogP contribution < -0.4 is 52.5 Å². The van der Waals surface area contributed by atoms with Crippen LogP contribution in [0.4, 0.5) is 0 Å². The summed E-state index contributed by atoms with van der Waals surface area (Å²) in [5, 5.41) is 11.6. The SMILES string of the molecule is C[n+]1cccc(/C=C2\C[C@H]3[C@@H]4CC=C5C[C@@H]([N+]6(C)CCCC6)CC[C@]5(C)[C@H]4CC[C@]3(C)[C@H]2O)c1.[I-].[I-]. The molecule has 0 spiro atoms. The van der Waals surface area contributed by atoms with Gasteiger partial charge in [-0.1, -0.05) is 25.5 Å². The molecule has 0 unspecified atom stereocenters. The van der Waals surface area contributed by atoms with Crippen molar-refractivity contribution in [3.05, 3.63) is 47.3 Å². The van der Waals surface area contributed by atoms with Gasteiger partial charge in [-0.2, -0.15) is 0 Å². The Morgan fingerprint density at radius 3 is 2.53 bits per heavy atom. The molecule has 0 bridgehead atoms. The Kier molecular flexibility index (Phi) is 8.48. The minimum atomic E-state index is -0.294. The smallest absolute Gasteiger partial charge is 0.175 e. The lowest BCUT2D eigenvalue weighted by Gasteiger charge is -2.58. The zero-order chi connectivity index (χ0) is 23.7. The van der Waals surface area contributed by atoms with Gasteiger partial charge in [0.05, 0.1) is 32.3 Å². The number of fused-ring (bicyclic) bond motifs is 5. The van der Waals surface area contributed by atoms with Crippen molar-refractivity contribution in [2.24, 2.45) is 35.6 Å². The molecule has 1 aromatic rings. The molecule has 6 rings (SSSR count). The lowest BCUT2D eigenvalue weighted by Crippen LogP contribution is -3.00. The monoisotopic (exact) mass is 716 g/mol. The first-order chi connectivity index (χ1) is 16.2.